The summed E-state index contributed by atoms with van der Waals surface area (Å²) in [6, 6.07) is 10.4. The summed E-state index contributed by atoms with van der Waals surface area (Å²) in [5.41, 5.74) is 1.13. The molecule has 4 heteroatoms. The normalized spacial score (nSPS) is 47.8. The van der Waals surface area contributed by atoms with Crippen LogP contribution in [0.15, 0.2) is 30.3 Å². The second-order valence-corrected chi connectivity index (χ2v) is 8.69. The molecular formula is C20H26O4. The van der Waals surface area contributed by atoms with E-state index in [-0.39, 0.29) is 24.1 Å². The van der Waals surface area contributed by atoms with E-state index in [0.717, 1.165) is 6.42 Å². The minimum atomic E-state index is -0.605. The van der Waals surface area contributed by atoms with Crippen molar-refractivity contribution >= 4 is 0 Å². The Morgan fingerprint density at radius 3 is 2.58 bits per heavy atom. The van der Waals surface area contributed by atoms with Gasteiger partial charge in [-0.2, -0.15) is 0 Å². The summed E-state index contributed by atoms with van der Waals surface area (Å²) in [6.07, 6.45) is 3.14. The van der Waals surface area contributed by atoms with Gasteiger partial charge in [0.2, 0.25) is 0 Å². The van der Waals surface area contributed by atoms with Gasteiger partial charge in [-0.25, -0.2) is 0 Å². The first-order chi connectivity index (χ1) is 11.4. The van der Waals surface area contributed by atoms with Crippen molar-refractivity contribution in [2.24, 2.45) is 11.3 Å². The lowest BCUT2D eigenvalue weighted by Gasteiger charge is -2.43. The van der Waals surface area contributed by atoms with Gasteiger partial charge < -0.3 is 18.9 Å². The van der Waals surface area contributed by atoms with E-state index in [4.69, 9.17) is 18.9 Å². The maximum Gasteiger partial charge on any atom is 0.190 e. The number of benzene rings is 1. The zero-order chi connectivity index (χ0) is 16.6. The molecule has 2 saturated carbocycles. The molecule has 2 aliphatic heterocycles. The topological polar surface area (TPSA) is 36.9 Å². The molecule has 0 aromatic heterocycles. The highest BCUT2D eigenvalue weighted by molar-refractivity contribution is 5.22. The van der Waals surface area contributed by atoms with Gasteiger partial charge in [-0.05, 0) is 50.0 Å². The Kier molecular flexibility index (Phi) is 3.08. The summed E-state index contributed by atoms with van der Waals surface area (Å²) in [7, 11) is 0. The molecule has 0 spiro atoms. The zero-order valence-corrected chi connectivity index (χ0v) is 14.7. The molecular weight excluding hydrogens is 304 g/mol. The third-order valence-electron chi connectivity index (χ3n) is 6.62. The molecule has 0 amide bonds. The van der Waals surface area contributed by atoms with Gasteiger partial charge in [-0.15, -0.1) is 0 Å². The maximum atomic E-state index is 6.62. The molecule has 6 atom stereocenters. The highest BCUT2D eigenvalue weighted by Gasteiger charge is 2.74. The fraction of sp³-hybridized carbons (Fsp3) is 0.700. The summed E-state index contributed by atoms with van der Waals surface area (Å²) in [5.74, 6) is -0.0411. The lowest BCUT2D eigenvalue weighted by molar-refractivity contribution is -0.238. The Labute approximate surface area is 143 Å². The summed E-state index contributed by atoms with van der Waals surface area (Å²) >= 11 is 0. The van der Waals surface area contributed by atoms with Crippen LogP contribution in [-0.4, -0.2) is 29.9 Å². The molecule has 0 radical (unpaired) electrons. The lowest BCUT2D eigenvalue weighted by atomic mass is 9.63. The van der Waals surface area contributed by atoms with Gasteiger partial charge in [-0.3, -0.25) is 0 Å². The van der Waals surface area contributed by atoms with Crippen LogP contribution in [0.1, 0.15) is 45.6 Å². The Hall–Kier alpha value is -0.940. The van der Waals surface area contributed by atoms with Crippen LogP contribution in [0, 0.1) is 11.3 Å². The molecule has 2 saturated heterocycles. The van der Waals surface area contributed by atoms with Crippen LogP contribution in [-0.2, 0) is 25.6 Å². The highest BCUT2D eigenvalue weighted by Crippen LogP contribution is 2.67. The molecule has 2 aliphatic carbocycles. The van der Waals surface area contributed by atoms with E-state index in [1.54, 1.807) is 0 Å². The van der Waals surface area contributed by atoms with Gasteiger partial charge in [0.15, 0.2) is 12.1 Å². The first-order valence-corrected chi connectivity index (χ1v) is 9.11. The molecule has 0 unspecified atom stereocenters. The van der Waals surface area contributed by atoms with E-state index in [9.17, 15) is 0 Å². The molecule has 4 aliphatic rings. The van der Waals surface area contributed by atoms with Crippen molar-refractivity contribution in [3.8, 4) is 0 Å². The number of fused-ring (bicyclic) bond motifs is 5. The van der Waals surface area contributed by atoms with E-state index in [0.29, 0.717) is 17.9 Å². The van der Waals surface area contributed by atoms with Crippen LogP contribution in [0.3, 0.4) is 0 Å². The van der Waals surface area contributed by atoms with Crippen molar-refractivity contribution in [3.05, 3.63) is 35.9 Å². The van der Waals surface area contributed by atoms with Crippen molar-refractivity contribution in [2.45, 2.75) is 76.5 Å². The standard InChI is InChI=1S/C20H26O4/c1-18(2)23-16-17(24-18)22-15-14-9-10-19(14,3)12-20(15,16)21-11-13-7-5-4-6-8-13/h4-8,14-17H,9-12H2,1-3H3/t14-,15+,16-,17+,19+,20+/m0/s1. The predicted molar refractivity (Wildman–Crippen MR) is 88.1 cm³/mol. The summed E-state index contributed by atoms with van der Waals surface area (Å²) in [5, 5.41) is 0. The molecule has 4 fully saturated rings. The highest BCUT2D eigenvalue weighted by atomic mass is 16.8. The van der Waals surface area contributed by atoms with Crippen molar-refractivity contribution in [1.29, 1.82) is 0 Å². The van der Waals surface area contributed by atoms with Crippen LogP contribution in [0.5, 0.6) is 0 Å². The minimum absolute atomic E-state index is 0.0889. The minimum Gasteiger partial charge on any atom is -0.365 e. The fourth-order valence-electron chi connectivity index (χ4n) is 5.40. The average molecular weight is 330 g/mol. The van der Waals surface area contributed by atoms with Crippen LogP contribution < -0.4 is 0 Å². The first-order valence-electron chi connectivity index (χ1n) is 9.11. The van der Waals surface area contributed by atoms with E-state index in [1.807, 2.05) is 19.9 Å². The molecule has 2 heterocycles. The molecule has 5 rings (SSSR count). The van der Waals surface area contributed by atoms with Crippen LogP contribution in [0.25, 0.3) is 0 Å². The molecule has 1 aromatic carbocycles. The number of rotatable bonds is 3. The third kappa shape index (κ3) is 2.00. The second-order valence-electron chi connectivity index (χ2n) is 8.69. The van der Waals surface area contributed by atoms with Crippen LogP contribution in [0.4, 0.5) is 0 Å². The van der Waals surface area contributed by atoms with E-state index in [1.165, 1.54) is 18.4 Å². The smallest absolute Gasteiger partial charge is 0.190 e. The molecule has 0 bridgehead atoms. The van der Waals surface area contributed by atoms with Gasteiger partial charge in [0.05, 0.1) is 12.7 Å². The summed E-state index contributed by atoms with van der Waals surface area (Å²) in [4.78, 5) is 0. The number of hydrogen-bond acceptors (Lipinski definition) is 4. The Bertz CT molecular complexity index is 644. The van der Waals surface area contributed by atoms with E-state index >= 15 is 0 Å². The zero-order valence-electron chi connectivity index (χ0n) is 14.7. The van der Waals surface area contributed by atoms with Gasteiger partial charge in [0, 0.05) is 0 Å². The Balaban J connectivity index is 1.46. The maximum absolute atomic E-state index is 6.62. The van der Waals surface area contributed by atoms with Gasteiger partial charge in [0.1, 0.15) is 11.7 Å². The Morgan fingerprint density at radius 1 is 1.08 bits per heavy atom. The van der Waals surface area contributed by atoms with Gasteiger partial charge in [0.25, 0.3) is 0 Å². The van der Waals surface area contributed by atoms with Gasteiger partial charge >= 0.3 is 0 Å². The largest absolute Gasteiger partial charge is 0.365 e. The number of hydrogen-bond donors (Lipinski definition) is 0. The SMILES string of the molecule is CC1(C)O[C@H]2O[C@@H]3[C@@H]4CC[C@]4(C)C[C@]3(OCc3ccccc3)[C@H]2O1. The Morgan fingerprint density at radius 2 is 1.88 bits per heavy atom. The monoisotopic (exact) mass is 330 g/mol. The summed E-state index contributed by atoms with van der Waals surface area (Å²) in [6.45, 7) is 6.89. The first kappa shape index (κ1) is 15.3. The predicted octanol–water partition coefficient (Wildman–Crippen LogP) is 3.64. The van der Waals surface area contributed by atoms with E-state index < -0.39 is 5.79 Å². The van der Waals surface area contributed by atoms with Gasteiger partial charge in [-0.1, -0.05) is 37.3 Å². The average Bonchev–Trinajstić information content (AvgIpc) is 3.02. The second kappa shape index (κ2) is 4.82. The van der Waals surface area contributed by atoms with Crippen molar-refractivity contribution in [3.63, 3.8) is 0 Å². The van der Waals surface area contributed by atoms with Crippen molar-refractivity contribution < 1.29 is 18.9 Å². The van der Waals surface area contributed by atoms with Crippen LogP contribution >= 0.6 is 0 Å². The quantitative estimate of drug-likeness (QED) is 0.848. The molecule has 4 nitrogen and oxygen atoms in total. The molecule has 130 valence electrons. The van der Waals surface area contributed by atoms with Crippen molar-refractivity contribution in [1.82, 2.24) is 0 Å². The molecule has 0 N–H and O–H groups in total. The third-order valence-corrected chi connectivity index (χ3v) is 6.62. The van der Waals surface area contributed by atoms with Crippen molar-refractivity contribution in [2.75, 3.05) is 0 Å². The molecule has 24 heavy (non-hydrogen) atoms. The van der Waals surface area contributed by atoms with E-state index in [2.05, 4.69) is 31.2 Å². The summed E-state index contributed by atoms with van der Waals surface area (Å²) < 4.78 is 25.3. The molecule has 1 aromatic rings. The lowest BCUT2D eigenvalue weighted by Crippen LogP contribution is -2.49. The number of ether oxygens (including phenoxy) is 4. The van der Waals surface area contributed by atoms with Crippen LogP contribution in [0.2, 0.25) is 0 Å². The fourth-order valence-corrected chi connectivity index (χ4v) is 5.40.